The van der Waals surface area contributed by atoms with Gasteiger partial charge in [0.25, 0.3) is 5.91 Å². The number of nitrogens with one attached hydrogen (secondary N) is 3. The van der Waals surface area contributed by atoms with E-state index in [9.17, 15) is 19.2 Å². The number of rotatable bonds is 11. The largest absolute Gasteiger partial charge is 0.495 e. The number of aryl methyl sites for hydroxylation is 1. The summed E-state index contributed by atoms with van der Waals surface area (Å²) in [6, 6.07) is 5.32. The van der Waals surface area contributed by atoms with E-state index in [0.29, 0.717) is 23.8 Å². The molecule has 9 heteroatoms. The number of esters is 1. The Labute approximate surface area is 170 Å². The third kappa shape index (κ3) is 10.1. The quantitative estimate of drug-likeness (QED) is 0.473. The highest BCUT2D eigenvalue weighted by molar-refractivity contribution is 5.96. The lowest BCUT2D eigenvalue weighted by molar-refractivity contribution is -0.148. The second-order valence-electron chi connectivity index (χ2n) is 6.90. The summed E-state index contributed by atoms with van der Waals surface area (Å²) in [7, 11) is 1.49. The molecule has 0 heterocycles. The van der Waals surface area contributed by atoms with E-state index in [0.717, 1.165) is 12.0 Å². The molecule has 9 nitrogen and oxygen atoms in total. The Morgan fingerprint density at radius 2 is 1.69 bits per heavy atom. The van der Waals surface area contributed by atoms with Crippen LogP contribution in [-0.2, 0) is 23.9 Å². The van der Waals surface area contributed by atoms with E-state index in [1.807, 2.05) is 26.8 Å². The maximum atomic E-state index is 12.0. The van der Waals surface area contributed by atoms with Gasteiger partial charge in [0.15, 0.2) is 6.61 Å². The molecule has 0 bridgehead atoms. The summed E-state index contributed by atoms with van der Waals surface area (Å²) in [5, 5.41) is 7.43. The first-order chi connectivity index (χ1) is 13.7. The molecule has 1 aromatic carbocycles. The van der Waals surface area contributed by atoms with Crippen molar-refractivity contribution in [2.45, 2.75) is 33.6 Å². The molecule has 1 aromatic rings. The normalized spacial score (nSPS) is 10.2. The van der Waals surface area contributed by atoms with Crippen LogP contribution in [0, 0.1) is 12.8 Å². The van der Waals surface area contributed by atoms with Gasteiger partial charge in [-0.1, -0.05) is 19.9 Å². The van der Waals surface area contributed by atoms with Crippen molar-refractivity contribution < 1.29 is 28.7 Å². The van der Waals surface area contributed by atoms with Gasteiger partial charge in [0.2, 0.25) is 11.8 Å². The number of ether oxygens (including phenoxy) is 2. The zero-order valence-corrected chi connectivity index (χ0v) is 17.3. The molecule has 0 saturated carbocycles. The second-order valence-corrected chi connectivity index (χ2v) is 6.90. The molecule has 0 aliphatic rings. The monoisotopic (exact) mass is 407 g/mol. The summed E-state index contributed by atoms with van der Waals surface area (Å²) in [4.78, 5) is 46.8. The van der Waals surface area contributed by atoms with Crippen molar-refractivity contribution in [3.63, 3.8) is 0 Å². The van der Waals surface area contributed by atoms with E-state index in [1.54, 1.807) is 12.1 Å². The summed E-state index contributed by atoms with van der Waals surface area (Å²) in [5.74, 6) is -1.17. The molecular formula is C20H29N3O6. The number of amides is 3. The Balaban J connectivity index is 2.28. The van der Waals surface area contributed by atoms with Crippen LogP contribution in [-0.4, -0.2) is 50.5 Å². The van der Waals surface area contributed by atoms with Gasteiger partial charge in [0.05, 0.1) is 19.3 Å². The molecule has 0 aliphatic heterocycles. The number of anilines is 1. The molecule has 3 amide bonds. The summed E-state index contributed by atoms with van der Waals surface area (Å²) in [6.45, 7) is 4.73. The third-order valence-electron chi connectivity index (χ3n) is 3.82. The Hall–Kier alpha value is -3.10. The molecule has 160 valence electrons. The van der Waals surface area contributed by atoms with Gasteiger partial charge in [0.1, 0.15) is 12.3 Å². The Morgan fingerprint density at radius 1 is 1.00 bits per heavy atom. The molecule has 0 saturated heterocycles. The molecule has 0 radical (unpaired) electrons. The average molecular weight is 407 g/mol. The van der Waals surface area contributed by atoms with E-state index in [2.05, 4.69) is 16.0 Å². The predicted octanol–water partition coefficient (Wildman–Crippen LogP) is 1.15. The highest BCUT2D eigenvalue weighted by Crippen LogP contribution is 2.24. The van der Waals surface area contributed by atoms with Crippen molar-refractivity contribution in [2.24, 2.45) is 5.92 Å². The lowest BCUT2D eigenvalue weighted by Gasteiger charge is -2.11. The van der Waals surface area contributed by atoms with E-state index in [1.165, 1.54) is 7.11 Å². The van der Waals surface area contributed by atoms with E-state index < -0.39 is 24.4 Å². The van der Waals surface area contributed by atoms with Crippen molar-refractivity contribution in [3.05, 3.63) is 23.8 Å². The van der Waals surface area contributed by atoms with Gasteiger partial charge >= 0.3 is 5.97 Å². The van der Waals surface area contributed by atoms with Crippen LogP contribution in [0.5, 0.6) is 5.75 Å². The molecule has 0 unspecified atom stereocenters. The van der Waals surface area contributed by atoms with E-state index in [4.69, 9.17) is 9.47 Å². The molecular weight excluding hydrogens is 378 g/mol. The number of hydrogen-bond acceptors (Lipinski definition) is 6. The lowest BCUT2D eigenvalue weighted by Crippen LogP contribution is -2.37. The summed E-state index contributed by atoms with van der Waals surface area (Å²) >= 11 is 0. The van der Waals surface area contributed by atoms with Crippen LogP contribution in [0.25, 0.3) is 0 Å². The van der Waals surface area contributed by atoms with Crippen LogP contribution in [0.15, 0.2) is 18.2 Å². The van der Waals surface area contributed by atoms with Crippen LogP contribution in [0.3, 0.4) is 0 Å². The van der Waals surface area contributed by atoms with Gasteiger partial charge < -0.3 is 25.4 Å². The molecule has 3 N–H and O–H groups in total. The summed E-state index contributed by atoms with van der Waals surface area (Å²) in [5.41, 5.74) is 1.43. The molecule has 0 aliphatic carbocycles. The molecule has 29 heavy (non-hydrogen) atoms. The molecule has 0 aromatic heterocycles. The molecule has 0 atom stereocenters. The predicted molar refractivity (Wildman–Crippen MR) is 107 cm³/mol. The van der Waals surface area contributed by atoms with Gasteiger partial charge in [-0.15, -0.1) is 0 Å². The van der Waals surface area contributed by atoms with Gasteiger partial charge in [-0.3, -0.25) is 19.2 Å². The smallest absolute Gasteiger partial charge is 0.325 e. The lowest BCUT2D eigenvalue weighted by atomic mass is 10.1. The Morgan fingerprint density at radius 3 is 2.34 bits per heavy atom. The summed E-state index contributed by atoms with van der Waals surface area (Å²) < 4.78 is 9.93. The van der Waals surface area contributed by atoms with Crippen LogP contribution in [0.4, 0.5) is 5.69 Å². The molecule has 0 spiro atoms. The fraction of sp³-hybridized carbons (Fsp3) is 0.500. The minimum absolute atomic E-state index is 0.247. The first-order valence-corrected chi connectivity index (χ1v) is 9.34. The fourth-order valence-electron chi connectivity index (χ4n) is 2.22. The molecule has 0 fully saturated rings. The Kier molecular flexibility index (Phi) is 10.2. The number of carbonyl (C=O) groups is 4. The molecule has 1 rings (SSSR count). The van der Waals surface area contributed by atoms with Gasteiger partial charge in [0, 0.05) is 6.42 Å². The fourth-order valence-corrected chi connectivity index (χ4v) is 2.22. The average Bonchev–Trinajstić information content (AvgIpc) is 2.67. The van der Waals surface area contributed by atoms with Crippen LogP contribution in [0.2, 0.25) is 0 Å². The Bertz CT molecular complexity index is 733. The number of benzene rings is 1. The second kappa shape index (κ2) is 12.4. The summed E-state index contributed by atoms with van der Waals surface area (Å²) in [6.07, 6.45) is 1.05. The zero-order valence-electron chi connectivity index (χ0n) is 17.3. The maximum Gasteiger partial charge on any atom is 0.325 e. The van der Waals surface area contributed by atoms with Gasteiger partial charge in [-0.25, -0.2) is 0 Å². The number of hydrogen-bond donors (Lipinski definition) is 3. The number of methoxy groups -OCH3 is 1. The van der Waals surface area contributed by atoms with Crippen LogP contribution < -0.4 is 20.7 Å². The topological polar surface area (TPSA) is 123 Å². The highest BCUT2D eigenvalue weighted by Gasteiger charge is 2.12. The first-order valence-electron chi connectivity index (χ1n) is 9.34. The third-order valence-corrected chi connectivity index (χ3v) is 3.82. The minimum Gasteiger partial charge on any atom is -0.495 e. The van der Waals surface area contributed by atoms with Crippen LogP contribution in [0.1, 0.15) is 32.3 Å². The van der Waals surface area contributed by atoms with Gasteiger partial charge in [-0.05, 0) is 37.0 Å². The SMILES string of the molecule is COc1ccc(C)cc1NC(=O)CNC(=O)COC(=O)CNC(=O)CCC(C)C. The van der Waals surface area contributed by atoms with Crippen molar-refractivity contribution in [2.75, 3.05) is 32.1 Å². The van der Waals surface area contributed by atoms with Crippen molar-refractivity contribution in [1.29, 1.82) is 0 Å². The standard InChI is InChI=1S/C20H29N3O6/c1-13(2)5-8-17(24)22-11-20(27)29-12-19(26)21-10-18(25)23-15-9-14(3)6-7-16(15)28-4/h6-7,9,13H,5,8,10-12H2,1-4H3,(H,21,26)(H,22,24)(H,23,25). The first kappa shape index (κ1) is 23.9. The zero-order chi connectivity index (χ0) is 21.8. The van der Waals surface area contributed by atoms with Crippen molar-refractivity contribution in [1.82, 2.24) is 10.6 Å². The maximum absolute atomic E-state index is 12.0. The van der Waals surface area contributed by atoms with E-state index >= 15 is 0 Å². The van der Waals surface area contributed by atoms with E-state index in [-0.39, 0.29) is 19.0 Å². The van der Waals surface area contributed by atoms with Crippen molar-refractivity contribution in [3.8, 4) is 5.75 Å². The van der Waals surface area contributed by atoms with Crippen molar-refractivity contribution >= 4 is 29.4 Å². The van der Waals surface area contributed by atoms with Gasteiger partial charge in [-0.2, -0.15) is 0 Å². The highest BCUT2D eigenvalue weighted by atomic mass is 16.5. The minimum atomic E-state index is -0.730. The van der Waals surface area contributed by atoms with Crippen LogP contribution >= 0.6 is 0 Å². The number of carbonyl (C=O) groups excluding carboxylic acids is 4.